The SMILES string of the molecule is COC1(c2nc(C(C)C)c(C(=O)O)s2)CCOCC1. The number of hydrogen-bond acceptors (Lipinski definition) is 5. The van der Waals surface area contributed by atoms with Gasteiger partial charge in [-0.15, -0.1) is 11.3 Å². The second kappa shape index (κ2) is 5.56. The lowest BCUT2D eigenvalue weighted by molar-refractivity contribution is -0.0949. The number of nitrogens with zero attached hydrogens (tertiary/aromatic N) is 1. The number of hydrogen-bond donors (Lipinski definition) is 1. The largest absolute Gasteiger partial charge is 0.477 e. The van der Waals surface area contributed by atoms with Gasteiger partial charge in [0, 0.05) is 33.2 Å². The summed E-state index contributed by atoms with van der Waals surface area (Å²) >= 11 is 1.23. The molecule has 0 bridgehead atoms. The van der Waals surface area contributed by atoms with Gasteiger partial charge in [-0.25, -0.2) is 9.78 Å². The van der Waals surface area contributed by atoms with Crippen molar-refractivity contribution >= 4 is 17.3 Å². The zero-order chi connectivity index (χ0) is 14.0. The van der Waals surface area contributed by atoms with E-state index in [1.54, 1.807) is 7.11 Å². The molecular weight excluding hydrogens is 266 g/mol. The maximum atomic E-state index is 11.3. The molecule has 0 aromatic carbocycles. The molecule has 2 heterocycles. The molecule has 19 heavy (non-hydrogen) atoms. The molecule has 0 saturated carbocycles. The number of carbonyl (C=O) groups is 1. The molecule has 0 unspecified atom stereocenters. The van der Waals surface area contributed by atoms with Gasteiger partial charge in [-0.1, -0.05) is 13.8 Å². The van der Waals surface area contributed by atoms with Crippen LogP contribution in [0.4, 0.5) is 0 Å². The highest BCUT2D eigenvalue weighted by molar-refractivity contribution is 7.13. The molecule has 1 fully saturated rings. The van der Waals surface area contributed by atoms with Crippen molar-refractivity contribution in [2.75, 3.05) is 20.3 Å². The van der Waals surface area contributed by atoms with E-state index >= 15 is 0 Å². The molecule has 1 N–H and O–H groups in total. The van der Waals surface area contributed by atoms with Crippen LogP contribution in [0.15, 0.2) is 0 Å². The number of rotatable bonds is 4. The zero-order valence-electron chi connectivity index (χ0n) is 11.4. The van der Waals surface area contributed by atoms with Crippen LogP contribution in [0, 0.1) is 0 Å². The van der Waals surface area contributed by atoms with Gasteiger partial charge in [0.2, 0.25) is 0 Å². The average Bonchev–Trinajstić information content (AvgIpc) is 2.85. The van der Waals surface area contributed by atoms with E-state index < -0.39 is 11.6 Å². The topological polar surface area (TPSA) is 68.7 Å². The highest BCUT2D eigenvalue weighted by atomic mass is 32.1. The van der Waals surface area contributed by atoms with Crippen molar-refractivity contribution in [1.82, 2.24) is 4.98 Å². The molecule has 1 aromatic rings. The summed E-state index contributed by atoms with van der Waals surface area (Å²) in [5, 5.41) is 10.1. The first-order valence-corrected chi connectivity index (χ1v) is 7.19. The predicted octanol–water partition coefficient (Wildman–Crippen LogP) is 2.62. The third kappa shape index (κ3) is 2.66. The number of carboxylic acid groups (broad SMARTS) is 1. The molecule has 0 atom stereocenters. The molecule has 2 rings (SSSR count). The van der Waals surface area contributed by atoms with Crippen molar-refractivity contribution in [3.8, 4) is 0 Å². The van der Waals surface area contributed by atoms with Gasteiger partial charge < -0.3 is 14.6 Å². The Balaban J connectivity index is 2.44. The Morgan fingerprint density at radius 3 is 2.53 bits per heavy atom. The van der Waals surface area contributed by atoms with Gasteiger partial charge in [-0.05, 0) is 5.92 Å². The van der Waals surface area contributed by atoms with Crippen molar-refractivity contribution in [2.24, 2.45) is 0 Å². The van der Waals surface area contributed by atoms with E-state index in [0.717, 1.165) is 5.01 Å². The number of aromatic carboxylic acids is 1. The fourth-order valence-corrected chi connectivity index (χ4v) is 3.56. The number of thiazole rings is 1. The van der Waals surface area contributed by atoms with E-state index in [9.17, 15) is 9.90 Å². The monoisotopic (exact) mass is 285 g/mol. The van der Waals surface area contributed by atoms with Crippen LogP contribution < -0.4 is 0 Å². The van der Waals surface area contributed by atoms with Crippen molar-refractivity contribution in [3.05, 3.63) is 15.6 Å². The van der Waals surface area contributed by atoms with Gasteiger partial charge in [0.05, 0.1) is 5.69 Å². The lowest BCUT2D eigenvalue weighted by Gasteiger charge is -2.33. The minimum Gasteiger partial charge on any atom is -0.477 e. The summed E-state index contributed by atoms with van der Waals surface area (Å²) < 4.78 is 11.0. The highest BCUT2D eigenvalue weighted by Gasteiger charge is 2.39. The van der Waals surface area contributed by atoms with Crippen LogP contribution in [0.1, 0.15) is 53.0 Å². The van der Waals surface area contributed by atoms with Crippen LogP contribution in [-0.4, -0.2) is 36.4 Å². The average molecular weight is 285 g/mol. The van der Waals surface area contributed by atoms with Gasteiger partial charge in [-0.2, -0.15) is 0 Å². The van der Waals surface area contributed by atoms with Crippen LogP contribution in [0.3, 0.4) is 0 Å². The second-order valence-electron chi connectivity index (χ2n) is 5.00. The van der Waals surface area contributed by atoms with Gasteiger partial charge in [0.1, 0.15) is 15.5 Å². The van der Waals surface area contributed by atoms with Crippen molar-refractivity contribution in [3.63, 3.8) is 0 Å². The fraction of sp³-hybridized carbons (Fsp3) is 0.692. The Morgan fingerprint density at radius 1 is 1.47 bits per heavy atom. The lowest BCUT2D eigenvalue weighted by Crippen LogP contribution is -2.35. The van der Waals surface area contributed by atoms with E-state index in [4.69, 9.17) is 9.47 Å². The molecular formula is C13H19NO4S. The Kier molecular flexibility index (Phi) is 4.23. The maximum Gasteiger partial charge on any atom is 0.347 e. The number of ether oxygens (including phenoxy) is 2. The fourth-order valence-electron chi connectivity index (χ4n) is 2.28. The quantitative estimate of drug-likeness (QED) is 0.921. The van der Waals surface area contributed by atoms with Gasteiger partial charge in [0.15, 0.2) is 0 Å². The van der Waals surface area contributed by atoms with Gasteiger partial charge in [-0.3, -0.25) is 0 Å². The van der Waals surface area contributed by atoms with Gasteiger partial charge >= 0.3 is 5.97 Å². The summed E-state index contributed by atoms with van der Waals surface area (Å²) in [6.07, 6.45) is 1.43. The predicted molar refractivity (Wildman–Crippen MR) is 71.9 cm³/mol. The van der Waals surface area contributed by atoms with Crippen LogP contribution in [0.5, 0.6) is 0 Å². The van der Waals surface area contributed by atoms with Gasteiger partial charge in [0.25, 0.3) is 0 Å². The Hall–Kier alpha value is -0.980. The molecule has 1 aliphatic rings. The zero-order valence-corrected chi connectivity index (χ0v) is 12.2. The first-order valence-electron chi connectivity index (χ1n) is 6.37. The molecule has 6 heteroatoms. The first-order chi connectivity index (χ1) is 9.00. The van der Waals surface area contributed by atoms with Crippen molar-refractivity contribution < 1.29 is 19.4 Å². The third-order valence-electron chi connectivity index (χ3n) is 3.48. The number of carboxylic acids is 1. The van der Waals surface area contributed by atoms with E-state index in [-0.39, 0.29) is 5.92 Å². The normalized spacial score (nSPS) is 18.7. The molecule has 1 aromatic heterocycles. The molecule has 1 aliphatic heterocycles. The second-order valence-corrected chi connectivity index (χ2v) is 6.00. The minimum atomic E-state index is -0.911. The minimum absolute atomic E-state index is 0.0878. The van der Waals surface area contributed by atoms with E-state index in [1.165, 1.54) is 11.3 Å². The summed E-state index contributed by atoms with van der Waals surface area (Å²) in [6, 6.07) is 0. The van der Waals surface area contributed by atoms with Crippen LogP contribution in [0.25, 0.3) is 0 Å². The Morgan fingerprint density at radius 2 is 2.11 bits per heavy atom. The summed E-state index contributed by atoms with van der Waals surface area (Å²) in [4.78, 5) is 16.2. The summed E-state index contributed by atoms with van der Waals surface area (Å²) in [7, 11) is 1.65. The highest BCUT2D eigenvalue weighted by Crippen LogP contribution is 2.40. The first kappa shape index (κ1) is 14.4. The molecule has 5 nitrogen and oxygen atoms in total. The van der Waals surface area contributed by atoms with Crippen LogP contribution >= 0.6 is 11.3 Å². The summed E-state index contributed by atoms with van der Waals surface area (Å²) in [6.45, 7) is 5.14. The molecule has 0 aliphatic carbocycles. The molecule has 0 amide bonds. The molecule has 0 spiro atoms. The smallest absolute Gasteiger partial charge is 0.347 e. The number of methoxy groups -OCH3 is 1. The van der Waals surface area contributed by atoms with E-state index in [1.807, 2.05) is 13.8 Å². The Labute approximate surface area is 116 Å². The maximum absolute atomic E-state index is 11.3. The summed E-state index contributed by atoms with van der Waals surface area (Å²) in [5.74, 6) is -0.824. The van der Waals surface area contributed by atoms with Crippen molar-refractivity contribution in [2.45, 2.75) is 38.2 Å². The standard InChI is InChI=1S/C13H19NO4S/c1-8(2)9-10(11(15)16)19-12(14-9)13(17-3)4-6-18-7-5-13/h8H,4-7H2,1-3H3,(H,15,16). The Bertz CT molecular complexity index is 463. The lowest BCUT2D eigenvalue weighted by atomic mass is 9.95. The van der Waals surface area contributed by atoms with Crippen LogP contribution in [0.2, 0.25) is 0 Å². The molecule has 1 saturated heterocycles. The van der Waals surface area contributed by atoms with Crippen LogP contribution in [-0.2, 0) is 15.1 Å². The third-order valence-corrected chi connectivity index (χ3v) is 4.72. The van der Waals surface area contributed by atoms with E-state index in [2.05, 4.69) is 4.98 Å². The van der Waals surface area contributed by atoms with Crippen molar-refractivity contribution in [1.29, 1.82) is 0 Å². The van der Waals surface area contributed by atoms with E-state index in [0.29, 0.717) is 36.6 Å². The molecule has 106 valence electrons. The molecule has 0 radical (unpaired) electrons. The summed E-state index contributed by atoms with van der Waals surface area (Å²) in [5.41, 5.74) is 0.163. The number of aromatic nitrogens is 1.